The lowest BCUT2D eigenvalue weighted by Crippen LogP contribution is -2.44. The van der Waals surface area contributed by atoms with E-state index in [0.717, 1.165) is 24.4 Å². The lowest BCUT2D eigenvalue weighted by molar-refractivity contribution is 0.180. The molecule has 1 aliphatic rings. The first-order valence-corrected chi connectivity index (χ1v) is 12.0. The molecule has 0 radical (unpaired) electrons. The molecule has 0 saturated carbocycles. The highest BCUT2D eigenvalue weighted by atomic mass is 35.5. The quantitative estimate of drug-likeness (QED) is 0.330. The van der Waals surface area contributed by atoms with Crippen molar-refractivity contribution in [2.24, 2.45) is 5.92 Å². The first kappa shape index (κ1) is 23.8. The number of nitrogens with zero attached hydrogens (tertiary/aromatic N) is 4. The summed E-state index contributed by atoms with van der Waals surface area (Å²) in [6.45, 7) is 1.68. The van der Waals surface area contributed by atoms with Gasteiger partial charge in [0.15, 0.2) is 17.5 Å². The van der Waals surface area contributed by atoms with Gasteiger partial charge in [0.1, 0.15) is 11.4 Å². The molecule has 1 aromatic carbocycles. The van der Waals surface area contributed by atoms with Crippen LogP contribution in [0.4, 0.5) is 20.7 Å². The number of aromatic nitrogens is 4. The predicted octanol–water partition coefficient (Wildman–Crippen LogP) is 5.18. The van der Waals surface area contributed by atoms with E-state index in [1.54, 1.807) is 36.5 Å². The van der Waals surface area contributed by atoms with Gasteiger partial charge in [0, 0.05) is 54.7 Å². The zero-order chi connectivity index (χ0) is 25.1. The second kappa shape index (κ2) is 10.4. The normalized spacial score (nSPS) is 15.6. The van der Waals surface area contributed by atoms with Crippen LogP contribution in [0.3, 0.4) is 0 Å². The van der Waals surface area contributed by atoms with Crippen molar-refractivity contribution in [3.05, 3.63) is 59.8 Å². The number of urea groups is 1. The van der Waals surface area contributed by atoms with Gasteiger partial charge in [-0.3, -0.25) is 0 Å². The van der Waals surface area contributed by atoms with E-state index in [4.69, 9.17) is 16.3 Å². The minimum atomic E-state index is -0.543. The van der Waals surface area contributed by atoms with Crippen molar-refractivity contribution >= 4 is 40.2 Å². The number of halogens is 2. The molecule has 1 fully saturated rings. The maximum Gasteiger partial charge on any atom is 0.321 e. The number of anilines is 2. The number of pyridine rings is 1. The average Bonchev–Trinajstić information content (AvgIpc) is 3.31. The number of carbonyl (C=O) groups is 1. The molecule has 3 aromatic heterocycles. The van der Waals surface area contributed by atoms with Gasteiger partial charge in [-0.2, -0.15) is 0 Å². The fraction of sp³-hybridized carbons (Fsp3) is 0.280. The molecular weight excluding hydrogens is 485 g/mol. The summed E-state index contributed by atoms with van der Waals surface area (Å²) in [7, 11) is 1.58. The molecule has 1 atom stereocenters. The van der Waals surface area contributed by atoms with Crippen LogP contribution in [0.25, 0.3) is 22.4 Å². The molecule has 2 amide bonds. The van der Waals surface area contributed by atoms with Crippen LogP contribution in [0.2, 0.25) is 5.02 Å². The number of hydrogen-bond acceptors (Lipinski definition) is 6. The minimum Gasteiger partial charge on any atom is -0.497 e. The maximum absolute atomic E-state index is 14.5. The summed E-state index contributed by atoms with van der Waals surface area (Å²) in [5.41, 5.74) is 2.00. The van der Waals surface area contributed by atoms with Gasteiger partial charge in [-0.15, -0.1) is 0 Å². The molecule has 36 heavy (non-hydrogen) atoms. The Bertz CT molecular complexity index is 1400. The summed E-state index contributed by atoms with van der Waals surface area (Å²) < 4.78 is 19.8. The van der Waals surface area contributed by atoms with Gasteiger partial charge in [-0.25, -0.2) is 24.1 Å². The van der Waals surface area contributed by atoms with Crippen LogP contribution in [0.5, 0.6) is 5.75 Å². The number of nitrogens with one attached hydrogen (secondary N) is 3. The van der Waals surface area contributed by atoms with Crippen LogP contribution in [0, 0.1) is 11.7 Å². The summed E-state index contributed by atoms with van der Waals surface area (Å²) in [4.78, 5) is 30.5. The smallest absolute Gasteiger partial charge is 0.321 e. The van der Waals surface area contributed by atoms with E-state index in [0.29, 0.717) is 53.1 Å². The Hall–Kier alpha value is -3.92. The van der Waals surface area contributed by atoms with E-state index >= 15 is 0 Å². The highest BCUT2D eigenvalue weighted by molar-refractivity contribution is 6.31. The van der Waals surface area contributed by atoms with Crippen LogP contribution in [-0.4, -0.2) is 57.6 Å². The molecule has 4 aromatic rings. The molecule has 1 aliphatic heterocycles. The van der Waals surface area contributed by atoms with E-state index in [1.165, 1.54) is 0 Å². The molecule has 3 N–H and O–H groups in total. The number of piperidine rings is 1. The molecule has 9 nitrogen and oxygen atoms in total. The third-order valence-electron chi connectivity index (χ3n) is 6.17. The fourth-order valence-corrected chi connectivity index (χ4v) is 4.50. The lowest BCUT2D eigenvalue weighted by Gasteiger charge is -2.33. The van der Waals surface area contributed by atoms with Crippen molar-refractivity contribution in [1.29, 1.82) is 0 Å². The van der Waals surface area contributed by atoms with Crippen LogP contribution in [0.15, 0.2) is 48.9 Å². The second-order valence-corrected chi connectivity index (χ2v) is 9.08. The lowest BCUT2D eigenvalue weighted by atomic mass is 9.98. The van der Waals surface area contributed by atoms with Gasteiger partial charge in [-0.05, 0) is 37.0 Å². The van der Waals surface area contributed by atoms with Gasteiger partial charge >= 0.3 is 6.03 Å². The highest BCUT2D eigenvalue weighted by Crippen LogP contribution is 2.28. The number of fused-ring (bicyclic) bond motifs is 1. The number of benzene rings is 1. The number of amides is 2. The Morgan fingerprint density at radius 3 is 3.06 bits per heavy atom. The van der Waals surface area contributed by atoms with Gasteiger partial charge in [0.25, 0.3) is 0 Å². The molecular formula is C25H25ClFN7O2. The number of aromatic amines is 1. The van der Waals surface area contributed by atoms with Crippen LogP contribution >= 0.6 is 11.6 Å². The monoisotopic (exact) mass is 509 g/mol. The second-order valence-electron chi connectivity index (χ2n) is 8.64. The van der Waals surface area contributed by atoms with Crippen molar-refractivity contribution < 1.29 is 13.9 Å². The van der Waals surface area contributed by atoms with Gasteiger partial charge in [-0.1, -0.05) is 17.7 Å². The molecule has 4 heterocycles. The van der Waals surface area contributed by atoms with Gasteiger partial charge in [0.2, 0.25) is 0 Å². The summed E-state index contributed by atoms with van der Waals surface area (Å²) in [6, 6.07) is 8.83. The van der Waals surface area contributed by atoms with Crippen LogP contribution < -0.4 is 15.4 Å². The molecule has 186 valence electrons. The van der Waals surface area contributed by atoms with E-state index in [9.17, 15) is 9.18 Å². The number of rotatable bonds is 6. The fourth-order valence-electron chi connectivity index (χ4n) is 4.34. The first-order valence-electron chi connectivity index (χ1n) is 11.6. The van der Waals surface area contributed by atoms with Crippen molar-refractivity contribution in [2.45, 2.75) is 12.8 Å². The zero-order valence-electron chi connectivity index (χ0n) is 19.6. The number of carbonyl (C=O) groups excluding carboxylic acids is 1. The Balaban J connectivity index is 1.24. The predicted molar refractivity (Wildman–Crippen MR) is 137 cm³/mol. The molecule has 5 rings (SSSR count). The number of methoxy groups -OCH3 is 1. The van der Waals surface area contributed by atoms with Gasteiger partial charge < -0.3 is 25.3 Å². The molecule has 1 unspecified atom stereocenters. The third kappa shape index (κ3) is 5.18. The zero-order valence-corrected chi connectivity index (χ0v) is 20.3. The van der Waals surface area contributed by atoms with Crippen LogP contribution in [0.1, 0.15) is 12.8 Å². The standard InChI is InChI=1S/C25H25ClFN7O2/c1-36-18-6-2-5-17(9-18)32-25(35)34-7-3-4-15(14-34)10-28-24-21(27)13-31-23(33-24)20-12-30-22-19(20)8-16(26)11-29-22/h2,5-6,8-9,11-13,15H,3-4,7,10,14H2,1H3,(H,29,30)(H,32,35)(H,28,31,33). The number of ether oxygens (including phenoxy) is 1. The Kier molecular flexibility index (Phi) is 6.86. The van der Waals surface area contributed by atoms with E-state index in [-0.39, 0.29) is 17.8 Å². The van der Waals surface area contributed by atoms with Crippen LogP contribution in [-0.2, 0) is 0 Å². The molecule has 0 bridgehead atoms. The summed E-state index contributed by atoms with van der Waals surface area (Å²) in [5.74, 6) is 0.744. The van der Waals surface area contributed by atoms with Crippen molar-refractivity contribution in [3.63, 3.8) is 0 Å². The van der Waals surface area contributed by atoms with Crippen molar-refractivity contribution in [1.82, 2.24) is 24.8 Å². The Morgan fingerprint density at radius 1 is 1.31 bits per heavy atom. The SMILES string of the molecule is COc1cccc(NC(=O)N2CCCC(CNc3nc(-c4c[nH]c5ncc(Cl)cc45)ncc3F)C2)c1. The third-order valence-corrected chi connectivity index (χ3v) is 6.37. The molecule has 1 saturated heterocycles. The molecule has 11 heteroatoms. The summed E-state index contributed by atoms with van der Waals surface area (Å²) in [6.07, 6.45) is 6.20. The van der Waals surface area contributed by atoms with Crippen molar-refractivity contribution in [2.75, 3.05) is 37.4 Å². The van der Waals surface area contributed by atoms with Gasteiger partial charge in [0.05, 0.1) is 18.3 Å². The van der Waals surface area contributed by atoms with E-state index in [2.05, 4.69) is 30.6 Å². The summed E-state index contributed by atoms with van der Waals surface area (Å²) >= 11 is 6.09. The molecule has 0 aliphatic carbocycles. The number of H-pyrrole nitrogens is 1. The number of likely N-dealkylation sites (tertiary alicyclic amines) is 1. The van der Waals surface area contributed by atoms with E-state index < -0.39 is 5.82 Å². The minimum absolute atomic E-state index is 0.113. The molecule has 0 spiro atoms. The van der Waals surface area contributed by atoms with Crippen molar-refractivity contribution in [3.8, 4) is 17.1 Å². The summed E-state index contributed by atoms with van der Waals surface area (Å²) in [5, 5.41) is 7.28. The maximum atomic E-state index is 14.5. The Morgan fingerprint density at radius 2 is 2.19 bits per heavy atom. The first-order chi connectivity index (χ1) is 17.5. The topological polar surface area (TPSA) is 108 Å². The largest absolute Gasteiger partial charge is 0.497 e. The van der Waals surface area contributed by atoms with E-state index in [1.807, 2.05) is 18.2 Å². The number of hydrogen-bond donors (Lipinski definition) is 3. The Labute approximate surface area is 212 Å². The average molecular weight is 510 g/mol. The highest BCUT2D eigenvalue weighted by Gasteiger charge is 2.24.